The number of ether oxygens (including phenoxy) is 2. The van der Waals surface area contributed by atoms with E-state index in [1.807, 2.05) is 111 Å². The topological polar surface area (TPSA) is 221 Å². The molecule has 14 nitrogen and oxygen atoms in total. The zero-order valence-electron chi connectivity index (χ0n) is 38.6. The van der Waals surface area contributed by atoms with Crippen LogP contribution in [0.25, 0.3) is 0 Å². The van der Waals surface area contributed by atoms with Crippen LogP contribution in [0.1, 0.15) is 140 Å². The Morgan fingerprint density at radius 1 is 0.492 bits per heavy atom. The molecule has 0 spiro atoms. The Hall–Kier alpha value is 1.41. The summed E-state index contributed by atoms with van der Waals surface area (Å²) >= 11 is 0. The van der Waals surface area contributed by atoms with Crippen LogP contribution < -0.4 is 16.0 Å². The van der Waals surface area contributed by atoms with Gasteiger partial charge in [0.15, 0.2) is 0 Å². The second-order valence-electron chi connectivity index (χ2n) is 15.8. The van der Waals surface area contributed by atoms with E-state index in [0.717, 1.165) is 0 Å². The van der Waals surface area contributed by atoms with Crippen LogP contribution >= 0.6 is 0 Å². The molecule has 366 valence electrons. The quantitative estimate of drug-likeness (QED) is 0.0991. The van der Waals surface area contributed by atoms with E-state index in [0.29, 0.717) is 26.4 Å². The molecule has 0 aliphatic carbocycles. The van der Waals surface area contributed by atoms with Crippen molar-refractivity contribution in [1.82, 2.24) is 16.0 Å². The maximum Gasteiger partial charge on any atom is 0.225 e. The third-order valence-electron chi connectivity index (χ3n) is 4.75. The summed E-state index contributed by atoms with van der Waals surface area (Å²) in [6, 6.07) is 0.426. The summed E-state index contributed by atoms with van der Waals surface area (Å²) in [6.07, 6.45) is 0. The van der Waals surface area contributed by atoms with E-state index in [2.05, 4.69) is 43.6 Å². The van der Waals surface area contributed by atoms with Gasteiger partial charge in [0, 0.05) is 166 Å². The van der Waals surface area contributed by atoms with Gasteiger partial charge in [0.2, 0.25) is 5.91 Å². The summed E-state index contributed by atoms with van der Waals surface area (Å²) in [5.74, 6) is -0.426. The van der Waals surface area contributed by atoms with Crippen LogP contribution in [-0.4, -0.2) is 120 Å². The molecule has 0 aliphatic heterocycles. The molecule has 0 bridgehead atoms. The first-order valence-electron chi connectivity index (χ1n) is 17.5. The number of rotatable bonds is 10. The van der Waals surface area contributed by atoms with E-state index in [1.165, 1.54) is 0 Å². The molecule has 0 unspecified atom stereocenters. The molecule has 0 atom stereocenters. The summed E-state index contributed by atoms with van der Waals surface area (Å²) in [5.41, 5.74) is -0.959. The number of aliphatic hydroxyl groups excluding tert-OH is 4. The van der Waals surface area contributed by atoms with Gasteiger partial charge in [-0.15, -0.1) is 0 Å². The van der Waals surface area contributed by atoms with Crippen LogP contribution in [0, 0.1) is 43.9 Å². The Kier molecular flexibility index (Phi) is 109. The summed E-state index contributed by atoms with van der Waals surface area (Å²) < 4.78 is 10.1. The van der Waals surface area contributed by atoms with E-state index in [1.54, 1.807) is 0 Å². The van der Waals surface area contributed by atoms with Gasteiger partial charge < -0.3 is 92.7 Å². The zero-order chi connectivity index (χ0) is 44.2. The molecular weight excluding hydrogens is 1090 g/mol. The van der Waals surface area contributed by atoms with Crippen molar-refractivity contribution in [2.75, 3.05) is 52.8 Å². The largest absolute Gasteiger partial charge is 0.394 e. The number of Topliss-reactive ketones (excluding diaryl/α,β-unsaturated/α-hetero) is 2. The number of hydrogen-bond donors (Lipinski definition) is 7. The Balaban J connectivity index is -0.0000000311. The van der Waals surface area contributed by atoms with Crippen molar-refractivity contribution in [3.63, 3.8) is 0 Å². The molecule has 3 amide bonds. The molecule has 61 heavy (non-hydrogen) atoms. The van der Waals surface area contributed by atoms with E-state index >= 15 is 0 Å². The zero-order valence-corrected chi connectivity index (χ0v) is 49.9. The molecule has 18 heteroatoms. The van der Waals surface area contributed by atoms with Crippen LogP contribution in [-0.2, 0) is 164 Å². The van der Waals surface area contributed by atoms with Crippen molar-refractivity contribution in [2.24, 2.45) is 16.2 Å². The molecule has 4 radical (unpaired) electrons. The molecule has 0 aliphatic rings. The van der Waals surface area contributed by atoms with Gasteiger partial charge in [-0.3, -0.25) is 4.79 Å². The molecule has 0 aromatic rings. The maximum atomic E-state index is 11.3. The van der Waals surface area contributed by atoms with Crippen molar-refractivity contribution in [2.45, 2.75) is 158 Å². The van der Waals surface area contributed by atoms with Gasteiger partial charge in [-0.1, -0.05) is 92.0 Å². The van der Waals surface area contributed by atoms with Crippen LogP contribution in [0.3, 0.4) is 0 Å². The van der Waals surface area contributed by atoms with Crippen LogP contribution in [0.5, 0.6) is 0 Å². The monoisotopic (exact) mass is 1190 g/mol. The van der Waals surface area contributed by atoms with E-state index in [9.17, 15) is 24.0 Å². The van der Waals surface area contributed by atoms with Crippen molar-refractivity contribution >= 4 is 29.3 Å². The van der Waals surface area contributed by atoms with Gasteiger partial charge >= 0.3 is 0 Å². The molecule has 0 aromatic heterocycles. The van der Waals surface area contributed by atoms with E-state index in [4.69, 9.17) is 29.9 Å². The summed E-state index contributed by atoms with van der Waals surface area (Å²) in [6.45, 7) is 44.5. The minimum Gasteiger partial charge on any atom is -0.394 e. The van der Waals surface area contributed by atoms with Crippen LogP contribution in [0.4, 0.5) is 0 Å². The first-order chi connectivity index (χ1) is 23.6. The Morgan fingerprint density at radius 2 is 0.754 bits per heavy atom. The second-order valence-corrected chi connectivity index (χ2v) is 15.8. The number of carbonyl (C=O) groups excluding carboxylic acids is 5. The van der Waals surface area contributed by atoms with Crippen LogP contribution in [0.15, 0.2) is 0 Å². The van der Waals surface area contributed by atoms with Crippen molar-refractivity contribution in [3.8, 4) is 0 Å². The van der Waals surface area contributed by atoms with Crippen molar-refractivity contribution in [1.29, 1.82) is 0 Å². The Morgan fingerprint density at radius 3 is 0.869 bits per heavy atom. The van der Waals surface area contributed by atoms with Gasteiger partial charge in [-0.2, -0.15) is 0 Å². The standard InChI is InChI=1S/C9H19NO3.C6H14O2.2C6H11O.2C5H10NO.C2H6O2.4CH4.4Y/c1-9(2,3)8(12)10-4-6-13-7-5-11;1-6(2,3)8-5-4-7;2*1-5(7)6(2,3)4;2*1-4(2)6-5(3)7;3-1-2-4;;;;;;;;/h11H,4-7H2,1-3H3,(H,10,12);7H,4-5H2,1-3H3;2*1H2,2-4H3;2*4H,3H2,1-2H3,(H,6,7);3-4H,1-2H2;4*1H4;;;;/q;;4*-1;;;;;;;;;. The van der Waals surface area contributed by atoms with Gasteiger partial charge in [0.25, 0.3) is 0 Å². The first-order valence-corrected chi connectivity index (χ1v) is 17.5. The van der Waals surface area contributed by atoms with Gasteiger partial charge in [-0.05, 0) is 59.3 Å². The summed E-state index contributed by atoms with van der Waals surface area (Å²) in [4.78, 5) is 52.1. The van der Waals surface area contributed by atoms with E-state index in [-0.39, 0.29) is 250 Å². The maximum absolute atomic E-state index is 11.3. The number of aliphatic hydroxyl groups is 4. The number of ketones is 2. The Labute approximate surface area is 479 Å². The predicted molar refractivity (Wildman–Crippen MR) is 241 cm³/mol. The van der Waals surface area contributed by atoms with Gasteiger partial charge in [0.05, 0.1) is 63.7 Å². The molecule has 0 fully saturated rings. The summed E-state index contributed by atoms with van der Waals surface area (Å²) in [7, 11) is 0. The molecule has 0 saturated heterocycles. The first kappa shape index (κ1) is 105. The second kappa shape index (κ2) is 63.5. The average molecular weight is 1190 g/mol. The summed E-state index contributed by atoms with van der Waals surface area (Å²) in [5, 5.41) is 39.8. The van der Waals surface area contributed by atoms with Gasteiger partial charge in [-0.25, -0.2) is 0 Å². The van der Waals surface area contributed by atoms with Gasteiger partial charge in [0.1, 0.15) is 0 Å². The molecule has 0 rings (SSSR count). The third-order valence-corrected chi connectivity index (χ3v) is 4.75. The van der Waals surface area contributed by atoms with Crippen molar-refractivity contribution < 1.29 is 185 Å². The molecule has 0 aromatic carbocycles. The predicted octanol–water partition coefficient (Wildman–Crippen LogP) is 6.02. The minimum absolute atomic E-state index is 0. The molecule has 0 heterocycles. The molecule has 0 saturated carbocycles. The third kappa shape index (κ3) is 133. The fourth-order valence-electron chi connectivity index (χ4n) is 1.66. The minimum atomic E-state index is -0.350. The van der Waals surface area contributed by atoms with Crippen LogP contribution in [0.2, 0.25) is 0 Å². The fourth-order valence-corrected chi connectivity index (χ4v) is 1.66. The SMILES string of the molecule is C.C.C.C.CC(C)(C)C(=O)NCCOCCO.CC(C)(C)OCCO.OCCO.[CH2-]C(=O)C(C)(C)C.[CH2-]C(=O)C(C)(C)C.[CH2-]C(=O)NC(C)C.[CH2-]C(=O)NC(C)C.[Y].[Y].[Y].[Y]. The molecule has 7 N–H and O–H groups in total. The normalized spacial score (nSPS) is 9.15. The smallest absolute Gasteiger partial charge is 0.225 e. The number of amides is 3. The fraction of sp³-hybridized carbons (Fsp3) is 0.791. The Bertz CT molecular complexity index is 873. The van der Waals surface area contributed by atoms with Crippen molar-refractivity contribution in [3.05, 3.63) is 27.7 Å². The number of carbonyl (C=O) groups is 5. The molecular formula is C43H97N3O11Y4-4. The number of nitrogens with one attached hydrogen (secondary N) is 3. The van der Waals surface area contributed by atoms with E-state index < -0.39 is 0 Å². The number of hydrogen-bond acceptors (Lipinski definition) is 11. The average Bonchev–Trinajstić information content (AvgIpc) is 2.94.